The molecule has 4 heteroatoms. The van der Waals surface area contributed by atoms with Gasteiger partial charge in [0.15, 0.2) is 5.96 Å². The first-order valence-electron chi connectivity index (χ1n) is 9.92. The summed E-state index contributed by atoms with van der Waals surface area (Å²) in [6.07, 6.45) is 3.99. The average molecular weight is 361 g/mol. The summed E-state index contributed by atoms with van der Waals surface area (Å²) in [6.45, 7) is 4.82. The Morgan fingerprint density at radius 2 is 1.85 bits per heavy atom. The van der Waals surface area contributed by atoms with Crippen LogP contribution in [0.3, 0.4) is 0 Å². The average Bonchev–Trinajstić information content (AvgIpc) is 3.48. The van der Waals surface area contributed by atoms with Gasteiger partial charge in [0.2, 0.25) is 0 Å². The molecular formula is C23H27N3O. The van der Waals surface area contributed by atoms with E-state index >= 15 is 0 Å². The molecule has 2 fully saturated rings. The maximum atomic E-state index is 13.5. The lowest BCUT2D eigenvalue weighted by molar-refractivity contribution is -0.132. The summed E-state index contributed by atoms with van der Waals surface area (Å²) < 4.78 is 0. The third-order valence-electron chi connectivity index (χ3n) is 5.76. The zero-order valence-corrected chi connectivity index (χ0v) is 16.1. The van der Waals surface area contributed by atoms with E-state index in [9.17, 15) is 4.79 Å². The maximum absolute atomic E-state index is 13.5. The minimum absolute atomic E-state index is 0.0462. The summed E-state index contributed by atoms with van der Waals surface area (Å²) in [5.74, 6) is 0.566. The molecule has 27 heavy (non-hydrogen) atoms. The van der Waals surface area contributed by atoms with Crippen molar-refractivity contribution in [2.45, 2.75) is 45.1 Å². The van der Waals surface area contributed by atoms with Crippen molar-refractivity contribution in [2.24, 2.45) is 5.92 Å². The molecule has 1 saturated heterocycles. The van der Waals surface area contributed by atoms with Crippen LogP contribution in [0.1, 0.15) is 43.7 Å². The van der Waals surface area contributed by atoms with Gasteiger partial charge in [-0.3, -0.25) is 15.1 Å². The lowest BCUT2D eigenvalue weighted by Crippen LogP contribution is -2.46. The summed E-state index contributed by atoms with van der Waals surface area (Å²) in [5, 5.41) is 11.7. The molecular weight excluding hydrogens is 334 g/mol. The number of rotatable bonds is 6. The monoisotopic (exact) mass is 361 g/mol. The molecule has 140 valence electrons. The largest absolute Gasteiger partial charge is 0.338 e. The third-order valence-corrected chi connectivity index (χ3v) is 5.76. The highest BCUT2D eigenvalue weighted by Crippen LogP contribution is 2.49. The molecule has 1 amide bonds. The summed E-state index contributed by atoms with van der Waals surface area (Å²) in [5.41, 5.74) is 3.70. The number of hydrogen-bond donors (Lipinski definition) is 2. The van der Waals surface area contributed by atoms with E-state index in [0.29, 0.717) is 6.54 Å². The fraction of sp³-hybridized carbons (Fsp3) is 0.391. The lowest BCUT2D eigenvalue weighted by atomic mass is 9.83. The van der Waals surface area contributed by atoms with Crippen molar-refractivity contribution < 1.29 is 4.79 Å². The molecule has 2 aromatic rings. The first-order valence-corrected chi connectivity index (χ1v) is 9.92. The van der Waals surface area contributed by atoms with Gasteiger partial charge in [-0.25, -0.2) is 0 Å². The van der Waals surface area contributed by atoms with E-state index < -0.39 is 5.54 Å². The molecule has 0 aromatic heterocycles. The van der Waals surface area contributed by atoms with Crippen molar-refractivity contribution in [3.63, 3.8) is 0 Å². The highest BCUT2D eigenvalue weighted by Gasteiger charge is 2.58. The number of hydrogen-bond acceptors (Lipinski definition) is 2. The number of amides is 1. The molecule has 2 aliphatic rings. The van der Waals surface area contributed by atoms with Crippen molar-refractivity contribution in [1.29, 1.82) is 5.41 Å². The standard InChI is InChI=1S/C23H27N3O/c1-3-4-13-26-21(27)23(19-11-12-19,25-22(26)24)20-10-6-9-18(15-20)17-8-5-7-16(2)14-17/h5-10,14-15,19H,3-4,11-13H2,1-2H3,(H2,24,25). The Morgan fingerprint density at radius 3 is 2.52 bits per heavy atom. The van der Waals surface area contributed by atoms with Crippen LogP contribution in [0.5, 0.6) is 0 Å². The van der Waals surface area contributed by atoms with Gasteiger partial charge in [-0.15, -0.1) is 0 Å². The SMILES string of the molecule is CCCCN1C(=N)NC(c2cccc(-c3cccc(C)c3)c2)(C2CC2)C1=O. The van der Waals surface area contributed by atoms with Crippen LogP contribution >= 0.6 is 0 Å². The second-order valence-electron chi connectivity index (χ2n) is 7.82. The number of unbranched alkanes of at least 4 members (excludes halogenated alkanes) is 1. The fourth-order valence-electron chi connectivity index (χ4n) is 4.14. The number of nitrogens with zero attached hydrogens (tertiary/aromatic N) is 1. The maximum Gasteiger partial charge on any atom is 0.259 e. The summed E-state index contributed by atoms with van der Waals surface area (Å²) in [4.78, 5) is 15.1. The minimum atomic E-state index is -0.773. The van der Waals surface area contributed by atoms with E-state index in [0.717, 1.165) is 42.4 Å². The molecule has 1 atom stereocenters. The van der Waals surface area contributed by atoms with Gasteiger partial charge < -0.3 is 5.32 Å². The quantitative estimate of drug-likeness (QED) is 0.799. The zero-order chi connectivity index (χ0) is 19.0. The van der Waals surface area contributed by atoms with E-state index in [1.165, 1.54) is 5.56 Å². The predicted octanol–water partition coefficient (Wildman–Crippen LogP) is 4.43. The fourth-order valence-corrected chi connectivity index (χ4v) is 4.14. The number of carbonyl (C=O) groups excluding carboxylic acids is 1. The molecule has 1 aliphatic carbocycles. The predicted molar refractivity (Wildman–Crippen MR) is 109 cm³/mol. The normalized spacial score (nSPS) is 22.2. The smallest absolute Gasteiger partial charge is 0.259 e. The van der Waals surface area contributed by atoms with Crippen molar-refractivity contribution >= 4 is 11.9 Å². The molecule has 1 heterocycles. The van der Waals surface area contributed by atoms with Crippen LogP contribution in [-0.4, -0.2) is 23.3 Å². The Kier molecular flexibility index (Phi) is 4.50. The Morgan fingerprint density at radius 1 is 1.15 bits per heavy atom. The van der Waals surface area contributed by atoms with Gasteiger partial charge in [0, 0.05) is 6.54 Å². The van der Waals surface area contributed by atoms with Crippen LogP contribution in [0.4, 0.5) is 0 Å². The Hall–Kier alpha value is -2.62. The number of carbonyl (C=O) groups is 1. The van der Waals surface area contributed by atoms with Gasteiger partial charge in [-0.1, -0.05) is 61.4 Å². The van der Waals surface area contributed by atoms with Crippen LogP contribution in [-0.2, 0) is 10.3 Å². The molecule has 2 N–H and O–H groups in total. The Labute approximate surface area is 161 Å². The van der Waals surface area contributed by atoms with Crippen molar-refractivity contribution in [2.75, 3.05) is 6.54 Å². The van der Waals surface area contributed by atoms with Gasteiger partial charge in [-0.2, -0.15) is 0 Å². The van der Waals surface area contributed by atoms with E-state index in [1.54, 1.807) is 4.90 Å². The lowest BCUT2D eigenvalue weighted by Gasteiger charge is -2.28. The minimum Gasteiger partial charge on any atom is -0.338 e. The molecule has 1 unspecified atom stereocenters. The number of benzene rings is 2. The van der Waals surface area contributed by atoms with Crippen molar-refractivity contribution in [3.8, 4) is 11.1 Å². The topological polar surface area (TPSA) is 56.2 Å². The van der Waals surface area contributed by atoms with Gasteiger partial charge in [-0.05, 0) is 54.9 Å². The summed E-state index contributed by atoms with van der Waals surface area (Å²) >= 11 is 0. The van der Waals surface area contributed by atoms with E-state index in [1.807, 2.05) is 12.1 Å². The van der Waals surface area contributed by atoms with Crippen LogP contribution in [0.25, 0.3) is 11.1 Å². The summed E-state index contributed by atoms with van der Waals surface area (Å²) in [7, 11) is 0. The van der Waals surface area contributed by atoms with Crippen molar-refractivity contribution in [1.82, 2.24) is 10.2 Å². The molecule has 4 nitrogen and oxygen atoms in total. The second kappa shape index (κ2) is 6.84. The van der Waals surface area contributed by atoms with Crippen LogP contribution in [0.15, 0.2) is 48.5 Å². The van der Waals surface area contributed by atoms with Crippen LogP contribution in [0.2, 0.25) is 0 Å². The first kappa shape index (κ1) is 17.8. The van der Waals surface area contributed by atoms with Crippen LogP contribution < -0.4 is 5.32 Å². The van der Waals surface area contributed by atoms with Gasteiger partial charge >= 0.3 is 0 Å². The van der Waals surface area contributed by atoms with Gasteiger partial charge in [0.25, 0.3) is 5.91 Å². The van der Waals surface area contributed by atoms with E-state index in [4.69, 9.17) is 5.41 Å². The molecule has 0 spiro atoms. The number of aryl methyl sites for hydroxylation is 1. The first-order chi connectivity index (χ1) is 13.1. The molecule has 2 aromatic carbocycles. The molecule has 4 rings (SSSR count). The van der Waals surface area contributed by atoms with E-state index in [2.05, 4.69) is 55.6 Å². The highest BCUT2D eigenvalue weighted by atomic mass is 16.2. The Bertz CT molecular complexity index is 887. The molecule has 0 bridgehead atoms. The highest BCUT2D eigenvalue weighted by molar-refractivity contribution is 6.08. The van der Waals surface area contributed by atoms with Crippen molar-refractivity contribution in [3.05, 3.63) is 59.7 Å². The van der Waals surface area contributed by atoms with Gasteiger partial charge in [0.05, 0.1) is 0 Å². The summed E-state index contributed by atoms with van der Waals surface area (Å²) in [6, 6.07) is 16.7. The van der Waals surface area contributed by atoms with Crippen LogP contribution in [0, 0.1) is 18.3 Å². The third kappa shape index (κ3) is 3.03. The zero-order valence-electron chi connectivity index (χ0n) is 16.1. The Balaban J connectivity index is 1.75. The van der Waals surface area contributed by atoms with Gasteiger partial charge in [0.1, 0.15) is 5.54 Å². The second-order valence-corrected chi connectivity index (χ2v) is 7.82. The molecule has 1 saturated carbocycles. The van der Waals surface area contributed by atoms with E-state index in [-0.39, 0.29) is 17.8 Å². The number of nitrogens with one attached hydrogen (secondary N) is 2. The number of guanidine groups is 1. The molecule has 1 aliphatic heterocycles. The molecule has 0 radical (unpaired) electrons.